The molecular formula is C20H23F3N2O2S. The molecule has 1 saturated heterocycles. The average Bonchev–Trinajstić information content (AvgIpc) is 3.03. The van der Waals surface area contributed by atoms with Gasteiger partial charge in [-0.1, -0.05) is 18.2 Å². The molecule has 8 heteroatoms. The molecule has 1 aromatic carbocycles. The molecule has 4 nitrogen and oxygen atoms in total. The number of aryl methyl sites for hydroxylation is 1. The second-order valence-corrected chi connectivity index (χ2v) is 8.73. The second-order valence-electron chi connectivity index (χ2n) is 8.34. The van der Waals surface area contributed by atoms with E-state index < -0.39 is 23.6 Å². The zero-order valence-electron chi connectivity index (χ0n) is 15.6. The van der Waals surface area contributed by atoms with Gasteiger partial charge in [0.1, 0.15) is 0 Å². The number of aliphatic hydroxyl groups is 1. The minimum absolute atomic E-state index is 0.118. The molecule has 1 saturated carbocycles. The summed E-state index contributed by atoms with van der Waals surface area (Å²) in [7, 11) is 1.63. The molecule has 1 atom stereocenters. The van der Waals surface area contributed by atoms with Crippen LogP contribution in [0.1, 0.15) is 48.8 Å². The van der Waals surface area contributed by atoms with Crippen LogP contribution in [-0.4, -0.2) is 40.4 Å². The molecule has 1 heterocycles. The number of hydrogen-bond donors (Lipinski definition) is 2. The number of amides is 1. The number of nitrogens with one attached hydrogen (secondary N) is 1. The molecule has 2 fully saturated rings. The third-order valence-corrected chi connectivity index (χ3v) is 7.11. The Bertz CT molecular complexity index is 833. The van der Waals surface area contributed by atoms with Crippen LogP contribution >= 0.6 is 12.2 Å². The SMILES string of the molecule is CN1C(=O)C2(NC1=S)c1cc(CCC(F)(F)F)ccc1CC21CCC(O)CC1. The van der Waals surface area contributed by atoms with Crippen molar-refractivity contribution in [3.05, 3.63) is 34.9 Å². The third-order valence-electron chi connectivity index (χ3n) is 6.74. The van der Waals surface area contributed by atoms with Gasteiger partial charge in [0.25, 0.3) is 5.91 Å². The summed E-state index contributed by atoms with van der Waals surface area (Å²) < 4.78 is 38.0. The number of benzene rings is 1. The Morgan fingerprint density at radius 2 is 2.00 bits per heavy atom. The van der Waals surface area contributed by atoms with E-state index in [2.05, 4.69) is 5.32 Å². The topological polar surface area (TPSA) is 52.6 Å². The van der Waals surface area contributed by atoms with Crippen molar-refractivity contribution in [1.82, 2.24) is 10.2 Å². The zero-order valence-corrected chi connectivity index (χ0v) is 16.4. The molecule has 1 aliphatic heterocycles. The van der Waals surface area contributed by atoms with Crippen LogP contribution in [0, 0.1) is 5.41 Å². The summed E-state index contributed by atoms with van der Waals surface area (Å²) in [5.41, 5.74) is 0.816. The standard InChI is InChI=1S/C20H23F3N2O2S/c1-25-16(27)20(24-17(25)28)15-10-12(4-9-19(21,22)23)2-3-13(15)11-18(20)7-5-14(26)6-8-18/h2-3,10,14,26H,4-9,11H2,1H3,(H,24,28). The fourth-order valence-electron chi connectivity index (χ4n) is 5.24. The van der Waals surface area contributed by atoms with Crippen LogP contribution in [0.2, 0.25) is 0 Å². The first-order valence-electron chi connectivity index (χ1n) is 9.55. The molecule has 2 aliphatic carbocycles. The lowest BCUT2D eigenvalue weighted by Gasteiger charge is -2.46. The van der Waals surface area contributed by atoms with E-state index in [0.717, 1.165) is 11.1 Å². The van der Waals surface area contributed by atoms with E-state index in [4.69, 9.17) is 12.2 Å². The van der Waals surface area contributed by atoms with E-state index in [1.54, 1.807) is 19.2 Å². The lowest BCUT2D eigenvalue weighted by molar-refractivity contribution is -0.137. The van der Waals surface area contributed by atoms with Gasteiger partial charge >= 0.3 is 6.18 Å². The normalized spacial score (nSPS) is 32.3. The first-order valence-corrected chi connectivity index (χ1v) is 9.96. The fraction of sp³-hybridized carbons (Fsp3) is 0.600. The number of thiocarbonyl (C=S) groups is 1. The van der Waals surface area contributed by atoms with Crippen LogP contribution in [0.3, 0.4) is 0 Å². The maximum atomic E-state index is 13.4. The van der Waals surface area contributed by atoms with Gasteiger partial charge in [0.2, 0.25) is 0 Å². The van der Waals surface area contributed by atoms with Crippen LogP contribution in [0.5, 0.6) is 0 Å². The summed E-state index contributed by atoms with van der Waals surface area (Å²) in [5.74, 6) is -0.152. The molecule has 2 spiro atoms. The van der Waals surface area contributed by atoms with E-state index in [1.807, 2.05) is 6.07 Å². The molecule has 3 aliphatic rings. The van der Waals surface area contributed by atoms with Crippen LogP contribution in [-0.2, 0) is 23.2 Å². The summed E-state index contributed by atoms with van der Waals surface area (Å²) in [5, 5.41) is 13.6. The number of carbonyl (C=O) groups excluding carboxylic acids is 1. The molecule has 152 valence electrons. The van der Waals surface area contributed by atoms with Gasteiger partial charge in [-0.25, -0.2) is 0 Å². The number of likely N-dealkylation sites (N-methyl/N-ethyl adjacent to an activating group) is 1. The van der Waals surface area contributed by atoms with Crippen molar-refractivity contribution >= 4 is 23.2 Å². The van der Waals surface area contributed by atoms with Crippen LogP contribution in [0.4, 0.5) is 13.2 Å². The number of hydrogen-bond acceptors (Lipinski definition) is 3. The quantitative estimate of drug-likeness (QED) is 0.733. The molecule has 28 heavy (non-hydrogen) atoms. The highest BCUT2D eigenvalue weighted by Gasteiger charge is 2.66. The molecule has 1 unspecified atom stereocenters. The molecule has 0 radical (unpaired) electrons. The van der Waals surface area contributed by atoms with Crippen molar-refractivity contribution in [2.75, 3.05) is 7.05 Å². The van der Waals surface area contributed by atoms with Gasteiger partial charge < -0.3 is 10.4 Å². The third kappa shape index (κ3) is 2.84. The first-order chi connectivity index (χ1) is 13.1. The van der Waals surface area contributed by atoms with Gasteiger partial charge in [-0.05, 0) is 67.4 Å². The lowest BCUT2D eigenvalue weighted by atomic mass is 9.61. The molecular weight excluding hydrogens is 389 g/mol. The number of carbonyl (C=O) groups is 1. The molecule has 1 aromatic rings. The summed E-state index contributed by atoms with van der Waals surface area (Å²) in [6, 6.07) is 5.35. The highest BCUT2D eigenvalue weighted by Crippen LogP contribution is 2.59. The van der Waals surface area contributed by atoms with Gasteiger partial charge in [-0.3, -0.25) is 9.69 Å². The Hall–Kier alpha value is -1.67. The minimum atomic E-state index is -4.22. The Morgan fingerprint density at radius 1 is 1.32 bits per heavy atom. The maximum Gasteiger partial charge on any atom is 0.389 e. The number of alkyl halides is 3. The van der Waals surface area contributed by atoms with E-state index in [1.165, 1.54) is 4.90 Å². The summed E-state index contributed by atoms with van der Waals surface area (Å²) in [6.45, 7) is 0. The smallest absolute Gasteiger partial charge is 0.389 e. The van der Waals surface area contributed by atoms with Gasteiger partial charge in [0.15, 0.2) is 10.7 Å². The zero-order chi connectivity index (χ0) is 20.3. The molecule has 2 N–H and O–H groups in total. The van der Waals surface area contributed by atoms with Crippen molar-refractivity contribution in [2.45, 2.75) is 62.8 Å². The van der Waals surface area contributed by atoms with Gasteiger partial charge in [0.05, 0.1) is 6.10 Å². The van der Waals surface area contributed by atoms with E-state index in [0.29, 0.717) is 42.8 Å². The molecule has 0 aromatic heterocycles. The summed E-state index contributed by atoms with van der Waals surface area (Å²) in [4.78, 5) is 14.8. The van der Waals surface area contributed by atoms with Gasteiger partial charge in [0, 0.05) is 18.9 Å². The van der Waals surface area contributed by atoms with Crippen molar-refractivity contribution in [3.63, 3.8) is 0 Å². The largest absolute Gasteiger partial charge is 0.393 e. The second kappa shape index (κ2) is 6.42. The summed E-state index contributed by atoms with van der Waals surface area (Å²) in [6.07, 6.45) is -2.43. The van der Waals surface area contributed by atoms with Crippen molar-refractivity contribution in [2.24, 2.45) is 5.41 Å². The number of aliphatic hydroxyl groups excluding tert-OH is 1. The maximum absolute atomic E-state index is 13.4. The average molecular weight is 412 g/mol. The summed E-state index contributed by atoms with van der Waals surface area (Å²) >= 11 is 5.36. The minimum Gasteiger partial charge on any atom is -0.393 e. The Balaban J connectivity index is 1.79. The predicted molar refractivity (Wildman–Crippen MR) is 102 cm³/mol. The Kier molecular flexibility index (Phi) is 4.50. The van der Waals surface area contributed by atoms with E-state index in [-0.39, 0.29) is 18.4 Å². The predicted octanol–water partition coefficient (Wildman–Crippen LogP) is 3.20. The molecule has 0 bridgehead atoms. The number of fused-ring (bicyclic) bond motifs is 3. The van der Waals surface area contributed by atoms with Gasteiger partial charge in [-0.2, -0.15) is 13.2 Å². The number of halogens is 3. The Labute approximate surface area is 167 Å². The fourth-order valence-corrected chi connectivity index (χ4v) is 5.48. The van der Waals surface area contributed by atoms with Crippen molar-refractivity contribution in [1.29, 1.82) is 0 Å². The van der Waals surface area contributed by atoms with Crippen LogP contribution in [0.15, 0.2) is 18.2 Å². The monoisotopic (exact) mass is 412 g/mol. The first kappa shape index (κ1) is 19.6. The van der Waals surface area contributed by atoms with E-state index in [9.17, 15) is 23.1 Å². The highest BCUT2D eigenvalue weighted by atomic mass is 32.1. The lowest BCUT2D eigenvalue weighted by Crippen LogP contribution is -2.56. The number of rotatable bonds is 2. The van der Waals surface area contributed by atoms with E-state index >= 15 is 0 Å². The van der Waals surface area contributed by atoms with Crippen LogP contribution < -0.4 is 5.32 Å². The molecule has 1 amide bonds. The Morgan fingerprint density at radius 3 is 2.57 bits per heavy atom. The highest BCUT2D eigenvalue weighted by molar-refractivity contribution is 7.80. The van der Waals surface area contributed by atoms with Crippen LogP contribution in [0.25, 0.3) is 0 Å². The molecule has 4 rings (SSSR count). The number of nitrogens with zero attached hydrogens (tertiary/aromatic N) is 1. The van der Waals surface area contributed by atoms with Crippen molar-refractivity contribution < 1.29 is 23.1 Å². The van der Waals surface area contributed by atoms with Gasteiger partial charge in [-0.15, -0.1) is 0 Å². The van der Waals surface area contributed by atoms with Crippen molar-refractivity contribution in [3.8, 4) is 0 Å².